The fraction of sp³-hybridized carbons (Fsp3) is 0.238. The van der Waals surface area contributed by atoms with Gasteiger partial charge < -0.3 is 10.5 Å². The Kier molecular flexibility index (Phi) is 9.36. The van der Waals surface area contributed by atoms with Gasteiger partial charge in [-0.1, -0.05) is 112 Å². The summed E-state index contributed by atoms with van der Waals surface area (Å²) in [7, 11) is 1.68. The summed E-state index contributed by atoms with van der Waals surface area (Å²) in [5.74, 6) is 5.95. The molecular weight excluding hydrogens is 523 g/mol. The maximum absolute atomic E-state index is 6.04. The van der Waals surface area contributed by atoms with E-state index < -0.39 is 7.59 Å². The molecule has 2 rings (SSSR count). The molecule has 164 valence electrons. The van der Waals surface area contributed by atoms with Crippen molar-refractivity contribution in [2.75, 3.05) is 7.11 Å². The highest BCUT2D eigenvalue weighted by Crippen LogP contribution is 2.36. The van der Waals surface area contributed by atoms with Gasteiger partial charge in [-0.3, -0.25) is 0 Å². The Morgan fingerprint density at radius 3 is 2.19 bits per heavy atom. The molecule has 0 radical (unpaired) electrons. The minimum absolute atomic E-state index is 0.0465. The van der Waals surface area contributed by atoms with E-state index in [1.165, 1.54) is 0 Å². The van der Waals surface area contributed by atoms with Crippen molar-refractivity contribution in [2.24, 2.45) is 15.7 Å². The second-order valence-electron chi connectivity index (χ2n) is 6.23. The summed E-state index contributed by atoms with van der Waals surface area (Å²) in [5, 5.41) is 0. The van der Waals surface area contributed by atoms with Gasteiger partial charge in [0.1, 0.15) is 5.84 Å². The molecule has 0 amide bonds. The molecule has 0 aromatic heterocycles. The monoisotopic (exact) mass is 537 g/mol. The van der Waals surface area contributed by atoms with Crippen molar-refractivity contribution in [3.63, 3.8) is 0 Å². The highest BCUT2D eigenvalue weighted by atomic mass is 35.6. The number of hydrogen-bond donors (Lipinski definition) is 1. The van der Waals surface area contributed by atoms with E-state index in [9.17, 15) is 0 Å². The van der Waals surface area contributed by atoms with Gasteiger partial charge in [0.15, 0.2) is 5.84 Å². The van der Waals surface area contributed by atoms with Crippen LogP contribution in [0.1, 0.15) is 17.5 Å². The summed E-state index contributed by atoms with van der Waals surface area (Å²) >= 11 is 35.0. The molecule has 0 aliphatic heterocycles. The molecule has 2 N–H and O–H groups in total. The molecule has 0 unspecified atom stereocenters. The predicted molar refractivity (Wildman–Crippen MR) is 134 cm³/mol. The zero-order valence-corrected chi connectivity index (χ0v) is 20.7. The zero-order chi connectivity index (χ0) is 23.2. The van der Waals surface area contributed by atoms with Gasteiger partial charge in [-0.25, -0.2) is 9.98 Å². The van der Waals surface area contributed by atoms with Gasteiger partial charge >= 0.3 is 0 Å². The summed E-state index contributed by atoms with van der Waals surface area (Å²) < 4.78 is 1.36. The lowest BCUT2D eigenvalue weighted by atomic mass is 10.0. The van der Waals surface area contributed by atoms with Crippen molar-refractivity contribution in [3.8, 4) is 11.8 Å². The quantitative estimate of drug-likeness (QED) is 0.212. The molecule has 0 saturated heterocycles. The SMILES string of the molecule is C=C(N=C(N=C(N)c1ccc(C#CC2=CC[C@H](OC)C=C2)cc1)C(Cl)(Cl)Cl)C(Cl)(Cl)Cl. The second kappa shape index (κ2) is 11.1. The predicted octanol–water partition coefficient (Wildman–Crippen LogP) is 6.30. The van der Waals surface area contributed by atoms with E-state index in [1.807, 2.05) is 18.2 Å². The Morgan fingerprint density at radius 2 is 1.71 bits per heavy atom. The normalized spacial score (nSPS) is 17.6. The van der Waals surface area contributed by atoms with Crippen LogP contribution in [-0.4, -0.2) is 32.5 Å². The van der Waals surface area contributed by atoms with Crippen LogP contribution in [-0.2, 0) is 4.74 Å². The maximum atomic E-state index is 6.04. The third-order valence-electron chi connectivity index (χ3n) is 3.94. The van der Waals surface area contributed by atoms with E-state index in [0.717, 1.165) is 17.6 Å². The van der Waals surface area contributed by atoms with Crippen LogP contribution in [0.2, 0.25) is 0 Å². The van der Waals surface area contributed by atoms with Crippen LogP contribution in [0.5, 0.6) is 0 Å². The standard InChI is InChI=1S/C21H17Cl6N3O/c1-13(20(22,23)24)29-19(21(25,26)27)30-18(28)16-9-5-14(6-10-16)3-4-15-7-11-17(31-2)12-8-15/h5-11,17H,1,12H2,2H3,(H2,28,29,30)/t17-/m1/s1. The topological polar surface area (TPSA) is 60.0 Å². The molecule has 0 fully saturated rings. The van der Waals surface area contributed by atoms with Gasteiger partial charge in [0.2, 0.25) is 7.59 Å². The van der Waals surface area contributed by atoms with Crippen molar-refractivity contribution < 1.29 is 4.74 Å². The Balaban J connectivity index is 2.21. The van der Waals surface area contributed by atoms with Gasteiger partial charge in [0.05, 0.1) is 11.8 Å². The van der Waals surface area contributed by atoms with E-state index in [0.29, 0.717) is 5.56 Å². The molecule has 31 heavy (non-hydrogen) atoms. The van der Waals surface area contributed by atoms with Gasteiger partial charge in [0, 0.05) is 23.8 Å². The molecule has 1 aromatic rings. The number of ether oxygens (including phenoxy) is 1. The first-order chi connectivity index (χ1) is 14.4. The van der Waals surface area contributed by atoms with Crippen LogP contribution in [0.4, 0.5) is 0 Å². The second-order valence-corrected chi connectivity index (χ2v) is 10.8. The summed E-state index contributed by atoms with van der Waals surface area (Å²) in [5.41, 5.74) is 8.15. The first kappa shape index (κ1) is 26.1. The summed E-state index contributed by atoms with van der Waals surface area (Å²) in [4.78, 5) is 8.00. The van der Waals surface area contributed by atoms with Crippen molar-refractivity contribution in [3.05, 3.63) is 71.5 Å². The van der Waals surface area contributed by atoms with Crippen LogP contribution >= 0.6 is 69.6 Å². The molecule has 0 bridgehead atoms. The van der Waals surface area contributed by atoms with Crippen LogP contribution in [0.3, 0.4) is 0 Å². The Morgan fingerprint density at radius 1 is 1.06 bits per heavy atom. The van der Waals surface area contributed by atoms with Crippen LogP contribution in [0.25, 0.3) is 0 Å². The zero-order valence-electron chi connectivity index (χ0n) is 16.2. The van der Waals surface area contributed by atoms with Crippen molar-refractivity contribution >= 4 is 81.3 Å². The fourth-order valence-corrected chi connectivity index (χ4v) is 2.64. The lowest BCUT2D eigenvalue weighted by Gasteiger charge is -2.15. The van der Waals surface area contributed by atoms with Crippen LogP contribution in [0, 0.1) is 11.8 Å². The summed E-state index contributed by atoms with van der Waals surface area (Å²) in [6.45, 7) is 3.54. The molecule has 0 heterocycles. The number of nitrogens with two attached hydrogens (primary N) is 1. The highest BCUT2D eigenvalue weighted by Gasteiger charge is 2.32. The van der Waals surface area contributed by atoms with Gasteiger partial charge in [-0.15, -0.1) is 0 Å². The summed E-state index contributed by atoms with van der Waals surface area (Å²) in [6.07, 6.45) is 6.83. The molecule has 0 saturated carbocycles. The first-order valence-electron chi connectivity index (χ1n) is 8.70. The van der Waals surface area contributed by atoms with E-state index in [-0.39, 0.29) is 23.5 Å². The first-order valence-corrected chi connectivity index (χ1v) is 11.0. The largest absolute Gasteiger partial charge is 0.383 e. The minimum atomic E-state index is -2.02. The van der Waals surface area contributed by atoms with E-state index >= 15 is 0 Å². The number of methoxy groups -OCH3 is 1. The average molecular weight is 540 g/mol. The van der Waals surface area contributed by atoms with Crippen molar-refractivity contribution in [1.82, 2.24) is 0 Å². The average Bonchev–Trinajstić information content (AvgIpc) is 2.71. The molecule has 1 aromatic carbocycles. The Labute approximate surface area is 211 Å². The lowest BCUT2D eigenvalue weighted by molar-refractivity contribution is 0.142. The number of allylic oxidation sites excluding steroid dienone is 3. The molecule has 10 heteroatoms. The van der Waals surface area contributed by atoms with Gasteiger partial charge in [0.25, 0.3) is 0 Å². The van der Waals surface area contributed by atoms with Crippen molar-refractivity contribution in [2.45, 2.75) is 20.1 Å². The number of halogens is 6. The van der Waals surface area contributed by atoms with E-state index in [2.05, 4.69) is 28.4 Å². The van der Waals surface area contributed by atoms with Crippen LogP contribution in [0.15, 0.2) is 70.3 Å². The molecule has 0 spiro atoms. The molecule has 4 nitrogen and oxygen atoms in total. The Bertz CT molecular complexity index is 1000. The number of aliphatic imine (C=N–C) groups is 2. The van der Waals surface area contributed by atoms with Gasteiger partial charge in [-0.05, 0) is 24.6 Å². The maximum Gasteiger partial charge on any atom is 0.250 e. The number of amidine groups is 2. The highest BCUT2D eigenvalue weighted by molar-refractivity contribution is 6.77. The number of alkyl halides is 6. The van der Waals surface area contributed by atoms with Crippen LogP contribution < -0.4 is 5.73 Å². The van der Waals surface area contributed by atoms with E-state index in [1.54, 1.807) is 31.4 Å². The summed E-state index contributed by atoms with van der Waals surface area (Å²) in [6, 6.07) is 7.05. The molecule has 1 aliphatic carbocycles. The lowest BCUT2D eigenvalue weighted by Crippen LogP contribution is -2.24. The third-order valence-corrected chi connectivity index (χ3v) is 5.10. The van der Waals surface area contributed by atoms with Crippen molar-refractivity contribution in [1.29, 1.82) is 0 Å². The molecular formula is C21H17Cl6N3O. The molecule has 1 atom stereocenters. The smallest absolute Gasteiger partial charge is 0.250 e. The molecule has 1 aliphatic rings. The number of hydrogen-bond acceptors (Lipinski definition) is 2. The number of benzene rings is 1. The Hall–Kier alpha value is -1.16. The van der Waals surface area contributed by atoms with E-state index in [4.69, 9.17) is 80.1 Å². The number of rotatable bonds is 3. The fourth-order valence-electron chi connectivity index (χ4n) is 2.26. The number of nitrogens with zero attached hydrogens (tertiary/aromatic N) is 2. The minimum Gasteiger partial charge on any atom is -0.383 e. The van der Waals surface area contributed by atoms with Gasteiger partial charge in [-0.2, -0.15) is 0 Å². The third kappa shape index (κ3) is 8.36.